The fourth-order valence-corrected chi connectivity index (χ4v) is 6.88. The number of carbonyl (C=O) groups excluding carboxylic acids is 1. The van der Waals surface area contributed by atoms with Crippen LogP contribution in [0.5, 0.6) is 0 Å². The molecule has 2 saturated carbocycles. The Hall–Kier alpha value is -2.93. The summed E-state index contributed by atoms with van der Waals surface area (Å²) in [6.45, 7) is -0.235. The third kappa shape index (κ3) is 3.57. The van der Waals surface area contributed by atoms with Crippen LogP contribution in [0.2, 0.25) is 0 Å². The molecule has 1 aliphatic heterocycles. The van der Waals surface area contributed by atoms with Gasteiger partial charge in [0.2, 0.25) is 11.7 Å². The van der Waals surface area contributed by atoms with Crippen molar-refractivity contribution in [2.75, 3.05) is 6.61 Å². The SMILES string of the molecule is O=C(N[C@H](CO)c1ccccc1)C1N=[N+](c2ccc(F)cc2F)C2=C1C1CC3CC(C1)CC2C3. The van der Waals surface area contributed by atoms with Crippen molar-refractivity contribution in [2.24, 2.45) is 28.8 Å². The molecule has 34 heavy (non-hydrogen) atoms. The number of amides is 1. The van der Waals surface area contributed by atoms with E-state index in [1.54, 1.807) is 4.70 Å². The van der Waals surface area contributed by atoms with Gasteiger partial charge in [-0.1, -0.05) is 30.3 Å². The number of azo groups is 2. The van der Waals surface area contributed by atoms with Gasteiger partial charge in [-0.05, 0) is 71.3 Å². The molecule has 2 N–H and O–H groups in total. The molecule has 2 aromatic carbocycles. The summed E-state index contributed by atoms with van der Waals surface area (Å²) in [6.07, 6.45) is 5.35. The lowest BCUT2D eigenvalue weighted by atomic mass is 9.66. The zero-order chi connectivity index (χ0) is 23.4. The van der Waals surface area contributed by atoms with Gasteiger partial charge in [-0.15, -0.1) is 0 Å². The van der Waals surface area contributed by atoms with Crippen LogP contribution in [0.4, 0.5) is 14.5 Å². The van der Waals surface area contributed by atoms with Gasteiger partial charge >= 0.3 is 0 Å². The molecule has 4 aliphatic carbocycles. The molecule has 1 amide bonds. The van der Waals surface area contributed by atoms with Crippen LogP contribution in [0.1, 0.15) is 43.7 Å². The standard InChI is InChI=1S/C27H27F2N3O2/c28-20-6-7-23(21(29)13-20)32-26-19-11-15-8-16(12-19)10-18(9-15)24(26)25(31-32)27(34)30-22(14-33)17-4-2-1-3-5-17/h1-7,13,15-16,18-19,22,25,33H,8-12,14H2/p+1/t15?,16?,18?,19?,22-,25?/m1/s1. The molecule has 2 fully saturated rings. The molecular weight excluding hydrogens is 436 g/mol. The first-order valence-electron chi connectivity index (χ1n) is 12.2. The molecule has 2 aromatic rings. The average molecular weight is 465 g/mol. The first-order chi connectivity index (χ1) is 16.5. The van der Waals surface area contributed by atoms with Crippen molar-refractivity contribution in [3.05, 3.63) is 77.0 Å². The first kappa shape index (κ1) is 21.6. The van der Waals surface area contributed by atoms with Gasteiger partial charge in [0.15, 0.2) is 5.82 Å². The molecular formula is C27H28F2N3O2+. The monoisotopic (exact) mass is 464 g/mol. The lowest BCUT2D eigenvalue weighted by Gasteiger charge is -2.38. The lowest BCUT2D eigenvalue weighted by Crippen LogP contribution is -2.40. The molecule has 0 spiro atoms. The second-order valence-electron chi connectivity index (χ2n) is 10.2. The molecule has 5 nitrogen and oxygen atoms in total. The summed E-state index contributed by atoms with van der Waals surface area (Å²) in [5, 5.41) is 17.7. The van der Waals surface area contributed by atoms with Crippen molar-refractivity contribution in [1.29, 1.82) is 0 Å². The highest BCUT2D eigenvalue weighted by Crippen LogP contribution is 2.56. The van der Waals surface area contributed by atoms with Crippen molar-refractivity contribution >= 4 is 11.6 Å². The highest BCUT2D eigenvalue weighted by Gasteiger charge is 2.55. The maximum Gasteiger partial charge on any atom is 0.273 e. The quantitative estimate of drug-likeness (QED) is 0.612. The first-order valence-corrected chi connectivity index (χ1v) is 12.2. The smallest absolute Gasteiger partial charge is 0.273 e. The number of hydrogen-bond donors (Lipinski definition) is 2. The van der Waals surface area contributed by atoms with Crippen LogP contribution < -0.4 is 5.32 Å². The maximum absolute atomic E-state index is 14.9. The molecule has 4 bridgehead atoms. The molecule has 0 radical (unpaired) electrons. The Morgan fingerprint density at radius 1 is 1.03 bits per heavy atom. The third-order valence-corrected chi connectivity index (χ3v) is 8.10. The topological polar surface area (TPSA) is 64.7 Å². The van der Waals surface area contributed by atoms with Crippen LogP contribution >= 0.6 is 0 Å². The minimum absolute atomic E-state index is 0.187. The van der Waals surface area contributed by atoms with Crippen molar-refractivity contribution < 1.29 is 23.4 Å². The minimum Gasteiger partial charge on any atom is -0.394 e. The van der Waals surface area contributed by atoms with Gasteiger partial charge in [0.1, 0.15) is 5.82 Å². The van der Waals surface area contributed by atoms with Crippen LogP contribution in [-0.4, -0.2) is 28.4 Å². The molecule has 0 aromatic heterocycles. The summed E-state index contributed by atoms with van der Waals surface area (Å²) < 4.78 is 30.2. The number of carbonyl (C=O) groups is 1. The molecule has 5 aliphatic rings. The highest BCUT2D eigenvalue weighted by atomic mass is 19.1. The number of rotatable bonds is 5. The Labute approximate surface area is 197 Å². The Kier molecular flexibility index (Phi) is 5.32. The highest BCUT2D eigenvalue weighted by molar-refractivity contribution is 5.86. The largest absolute Gasteiger partial charge is 0.394 e. The Bertz CT molecular complexity index is 1180. The van der Waals surface area contributed by atoms with E-state index in [1.165, 1.54) is 18.6 Å². The fraction of sp³-hybridized carbons (Fsp3) is 0.444. The van der Waals surface area contributed by atoms with Crippen molar-refractivity contribution in [3.8, 4) is 0 Å². The van der Waals surface area contributed by atoms with Gasteiger partial charge in [-0.2, -0.15) is 4.39 Å². The Morgan fingerprint density at radius 2 is 1.74 bits per heavy atom. The number of aliphatic hydroxyl groups excluding tert-OH is 1. The van der Waals surface area contributed by atoms with Crippen molar-refractivity contribution in [1.82, 2.24) is 5.32 Å². The zero-order valence-electron chi connectivity index (χ0n) is 18.8. The predicted octanol–water partition coefficient (Wildman–Crippen LogP) is 5.00. The molecule has 176 valence electrons. The van der Waals surface area contributed by atoms with E-state index >= 15 is 0 Å². The summed E-state index contributed by atoms with van der Waals surface area (Å²) in [5.41, 5.74) is 2.95. The third-order valence-electron chi connectivity index (χ3n) is 8.10. The van der Waals surface area contributed by atoms with Crippen LogP contribution in [-0.2, 0) is 4.79 Å². The van der Waals surface area contributed by atoms with E-state index in [9.17, 15) is 18.7 Å². The number of aliphatic hydroxyl groups is 1. The normalized spacial score (nSPS) is 30.1. The van der Waals surface area contributed by atoms with Gasteiger partial charge in [-0.3, -0.25) is 4.79 Å². The summed E-state index contributed by atoms with van der Waals surface area (Å²) in [7, 11) is 0. The van der Waals surface area contributed by atoms with Crippen LogP contribution in [0.3, 0.4) is 0 Å². The molecule has 7 rings (SSSR count). The molecule has 7 heteroatoms. The average Bonchev–Trinajstić information content (AvgIpc) is 3.14. The van der Waals surface area contributed by atoms with E-state index in [0.29, 0.717) is 11.8 Å². The lowest BCUT2D eigenvalue weighted by molar-refractivity contribution is -0.467. The summed E-state index contributed by atoms with van der Waals surface area (Å²) in [6, 6.07) is 11.5. The second kappa shape index (κ2) is 8.38. The van der Waals surface area contributed by atoms with Gasteiger partial charge in [0, 0.05) is 23.6 Å². The van der Waals surface area contributed by atoms with Crippen molar-refractivity contribution in [3.63, 3.8) is 0 Å². The molecule has 3 unspecified atom stereocenters. The van der Waals surface area contributed by atoms with E-state index in [0.717, 1.165) is 48.6 Å². The summed E-state index contributed by atoms with van der Waals surface area (Å²) in [5.74, 6) is 0.0827. The van der Waals surface area contributed by atoms with E-state index in [4.69, 9.17) is 5.11 Å². The molecule has 1 heterocycles. The van der Waals surface area contributed by atoms with Crippen LogP contribution in [0, 0.1) is 35.3 Å². The summed E-state index contributed by atoms with van der Waals surface area (Å²) in [4.78, 5) is 13.6. The van der Waals surface area contributed by atoms with E-state index in [-0.39, 0.29) is 30.0 Å². The molecule has 0 saturated heterocycles. The van der Waals surface area contributed by atoms with Gasteiger partial charge in [0.25, 0.3) is 11.6 Å². The number of hydrogen-bond acceptors (Lipinski definition) is 3. The van der Waals surface area contributed by atoms with Gasteiger partial charge < -0.3 is 10.4 Å². The minimum atomic E-state index is -0.777. The van der Waals surface area contributed by atoms with Gasteiger partial charge in [0.05, 0.1) is 12.6 Å². The maximum atomic E-state index is 14.9. The number of allylic oxidation sites excluding steroid dienone is 1. The number of benzene rings is 2. The van der Waals surface area contributed by atoms with Crippen molar-refractivity contribution in [2.45, 2.75) is 44.2 Å². The second-order valence-corrected chi connectivity index (χ2v) is 10.2. The van der Waals surface area contributed by atoms with E-state index < -0.39 is 23.7 Å². The van der Waals surface area contributed by atoms with Gasteiger partial charge in [-0.25, -0.2) is 4.39 Å². The van der Waals surface area contributed by atoms with Crippen LogP contribution in [0.25, 0.3) is 0 Å². The Balaban J connectivity index is 1.41. The Morgan fingerprint density at radius 3 is 2.41 bits per heavy atom. The summed E-state index contributed by atoms with van der Waals surface area (Å²) >= 11 is 0. The number of nitrogens with one attached hydrogen (secondary N) is 1. The number of halogens is 2. The van der Waals surface area contributed by atoms with E-state index in [1.807, 2.05) is 30.3 Å². The van der Waals surface area contributed by atoms with E-state index in [2.05, 4.69) is 5.32 Å². The predicted molar refractivity (Wildman–Crippen MR) is 121 cm³/mol. The zero-order valence-corrected chi connectivity index (χ0v) is 18.8. The number of nitrogens with zero attached hydrogens (tertiary/aromatic N) is 2. The van der Waals surface area contributed by atoms with Crippen LogP contribution in [0.15, 0.2) is 64.9 Å². The molecule has 4 atom stereocenters. The fourth-order valence-electron chi connectivity index (χ4n) is 6.88.